The van der Waals surface area contributed by atoms with Crippen molar-refractivity contribution >= 4 is 10.0 Å². The molecule has 102 valence electrons. The van der Waals surface area contributed by atoms with Gasteiger partial charge in [-0.1, -0.05) is 6.92 Å². The summed E-state index contributed by atoms with van der Waals surface area (Å²) < 4.78 is 31.8. The fraction of sp³-hybridized carbons (Fsp3) is 0.667. The van der Waals surface area contributed by atoms with E-state index in [1.807, 2.05) is 6.92 Å². The molecule has 0 bridgehead atoms. The Morgan fingerprint density at radius 3 is 2.61 bits per heavy atom. The van der Waals surface area contributed by atoms with Crippen LogP contribution in [-0.2, 0) is 10.0 Å². The highest BCUT2D eigenvalue weighted by molar-refractivity contribution is 7.89. The summed E-state index contributed by atoms with van der Waals surface area (Å²) >= 11 is 0. The van der Waals surface area contributed by atoms with Crippen molar-refractivity contribution in [1.82, 2.24) is 4.31 Å². The van der Waals surface area contributed by atoms with E-state index in [0.717, 1.165) is 6.42 Å². The molecule has 1 aromatic heterocycles. The topological polar surface area (TPSA) is 76.5 Å². The van der Waals surface area contributed by atoms with Gasteiger partial charge in [-0.25, -0.2) is 8.42 Å². The first-order chi connectivity index (χ1) is 8.28. The second-order valence-electron chi connectivity index (χ2n) is 5.38. The van der Waals surface area contributed by atoms with Gasteiger partial charge in [0.25, 0.3) is 0 Å². The quantitative estimate of drug-likeness (QED) is 0.898. The van der Waals surface area contributed by atoms with E-state index in [-0.39, 0.29) is 10.3 Å². The molecular formula is C12H20N2O3S. The van der Waals surface area contributed by atoms with Gasteiger partial charge in [0, 0.05) is 13.1 Å². The molecule has 18 heavy (non-hydrogen) atoms. The van der Waals surface area contributed by atoms with Crippen molar-refractivity contribution in [2.75, 3.05) is 19.6 Å². The number of rotatable bonds is 3. The molecule has 6 heteroatoms. The third-order valence-electron chi connectivity index (χ3n) is 3.63. The maximum atomic E-state index is 12.5. The predicted molar refractivity (Wildman–Crippen MR) is 68.7 cm³/mol. The van der Waals surface area contributed by atoms with Crippen molar-refractivity contribution in [2.24, 2.45) is 11.1 Å². The second-order valence-corrected chi connectivity index (χ2v) is 7.29. The van der Waals surface area contributed by atoms with Gasteiger partial charge >= 0.3 is 0 Å². The molecule has 1 atom stereocenters. The van der Waals surface area contributed by atoms with Gasteiger partial charge in [0.1, 0.15) is 16.4 Å². The number of aryl methyl sites for hydroxylation is 2. The summed E-state index contributed by atoms with van der Waals surface area (Å²) in [7, 11) is -3.45. The van der Waals surface area contributed by atoms with Gasteiger partial charge in [-0.2, -0.15) is 4.31 Å². The molecule has 1 fully saturated rings. The summed E-state index contributed by atoms with van der Waals surface area (Å²) in [6.07, 6.45) is 0.804. The number of hydrogen-bond donors (Lipinski definition) is 1. The number of furan rings is 1. The summed E-state index contributed by atoms with van der Waals surface area (Å²) in [4.78, 5) is 0.279. The molecule has 5 nitrogen and oxygen atoms in total. The lowest BCUT2D eigenvalue weighted by molar-refractivity contribution is 0.349. The molecule has 0 amide bonds. The van der Waals surface area contributed by atoms with E-state index in [9.17, 15) is 8.42 Å². The van der Waals surface area contributed by atoms with Gasteiger partial charge < -0.3 is 10.2 Å². The van der Waals surface area contributed by atoms with E-state index in [0.29, 0.717) is 31.2 Å². The normalized spacial score (nSPS) is 25.8. The molecule has 0 radical (unpaired) electrons. The minimum absolute atomic E-state index is 0.111. The lowest BCUT2D eigenvalue weighted by Crippen LogP contribution is -2.34. The van der Waals surface area contributed by atoms with Gasteiger partial charge in [-0.15, -0.1) is 0 Å². The maximum absolute atomic E-state index is 12.5. The smallest absolute Gasteiger partial charge is 0.246 e. The average Bonchev–Trinajstić information content (AvgIpc) is 2.84. The SMILES string of the molecule is Cc1cc(S(=O)(=O)N2CCC(C)(CN)C2)c(C)o1. The van der Waals surface area contributed by atoms with Crippen molar-refractivity contribution in [2.45, 2.75) is 32.1 Å². The number of nitrogens with zero attached hydrogens (tertiary/aromatic N) is 1. The molecule has 0 aromatic carbocycles. The van der Waals surface area contributed by atoms with Gasteiger partial charge in [0.2, 0.25) is 10.0 Å². The summed E-state index contributed by atoms with van der Waals surface area (Å²) in [5.41, 5.74) is 5.59. The molecule has 0 spiro atoms. The summed E-state index contributed by atoms with van der Waals surface area (Å²) in [5.74, 6) is 1.07. The van der Waals surface area contributed by atoms with Gasteiger partial charge in [0.15, 0.2) is 0 Å². The van der Waals surface area contributed by atoms with Crippen molar-refractivity contribution in [3.05, 3.63) is 17.6 Å². The minimum Gasteiger partial charge on any atom is -0.465 e. The number of hydrogen-bond acceptors (Lipinski definition) is 4. The van der Waals surface area contributed by atoms with Crippen LogP contribution in [0.1, 0.15) is 24.9 Å². The van der Waals surface area contributed by atoms with Crippen LogP contribution in [0.3, 0.4) is 0 Å². The lowest BCUT2D eigenvalue weighted by Gasteiger charge is -2.22. The minimum atomic E-state index is -3.45. The van der Waals surface area contributed by atoms with E-state index in [4.69, 9.17) is 10.2 Å². The van der Waals surface area contributed by atoms with Gasteiger partial charge in [0.05, 0.1) is 0 Å². The predicted octanol–water partition coefficient (Wildman–Crippen LogP) is 1.26. The monoisotopic (exact) mass is 272 g/mol. The molecular weight excluding hydrogens is 252 g/mol. The molecule has 0 saturated carbocycles. The molecule has 0 aliphatic carbocycles. The average molecular weight is 272 g/mol. The Hall–Kier alpha value is -0.850. The highest BCUT2D eigenvalue weighted by Crippen LogP contribution is 2.33. The summed E-state index contributed by atoms with van der Waals surface area (Å²) in [6, 6.07) is 1.59. The van der Waals surface area contributed by atoms with E-state index in [1.54, 1.807) is 19.9 Å². The number of nitrogens with two attached hydrogens (primary N) is 1. The number of sulfonamides is 1. The van der Waals surface area contributed by atoms with Crippen molar-refractivity contribution in [1.29, 1.82) is 0 Å². The Morgan fingerprint density at radius 1 is 1.50 bits per heavy atom. The molecule has 1 aliphatic rings. The van der Waals surface area contributed by atoms with Crippen LogP contribution < -0.4 is 5.73 Å². The third kappa shape index (κ3) is 2.20. The van der Waals surface area contributed by atoms with Crippen LogP contribution in [0, 0.1) is 19.3 Å². The molecule has 1 saturated heterocycles. The molecule has 2 heterocycles. The zero-order valence-corrected chi connectivity index (χ0v) is 11.9. The van der Waals surface area contributed by atoms with E-state index >= 15 is 0 Å². The summed E-state index contributed by atoms with van der Waals surface area (Å²) in [6.45, 7) is 6.96. The zero-order chi connectivity index (χ0) is 13.6. The molecule has 2 N–H and O–H groups in total. The standard InChI is InChI=1S/C12H20N2O3S/c1-9-6-11(10(2)17-9)18(15,16)14-5-4-12(3,7-13)8-14/h6H,4-5,7-8,13H2,1-3H3. The van der Waals surface area contributed by atoms with Crippen molar-refractivity contribution in [3.8, 4) is 0 Å². The Morgan fingerprint density at radius 2 is 2.17 bits per heavy atom. The molecule has 1 aromatic rings. The van der Waals surface area contributed by atoms with Gasteiger partial charge in [-0.3, -0.25) is 0 Å². The lowest BCUT2D eigenvalue weighted by atomic mass is 9.90. The van der Waals surface area contributed by atoms with E-state index < -0.39 is 10.0 Å². The van der Waals surface area contributed by atoms with Gasteiger partial charge in [-0.05, 0) is 38.3 Å². The van der Waals surface area contributed by atoms with Crippen LogP contribution in [0.5, 0.6) is 0 Å². The first kappa shape index (κ1) is 13.6. The van der Waals surface area contributed by atoms with E-state index in [1.165, 1.54) is 4.31 Å². The third-order valence-corrected chi connectivity index (χ3v) is 5.58. The first-order valence-electron chi connectivity index (χ1n) is 6.06. The Labute approximate surface area is 108 Å². The van der Waals surface area contributed by atoms with Crippen LogP contribution >= 0.6 is 0 Å². The van der Waals surface area contributed by atoms with Crippen LogP contribution in [0.4, 0.5) is 0 Å². The van der Waals surface area contributed by atoms with Crippen LogP contribution in [0.15, 0.2) is 15.4 Å². The fourth-order valence-corrected chi connectivity index (χ4v) is 4.16. The molecule has 2 rings (SSSR count). The highest BCUT2D eigenvalue weighted by Gasteiger charge is 2.40. The van der Waals surface area contributed by atoms with E-state index in [2.05, 4.69) is 0 Å². The largest absolute Gasteiger partial charge is 0.465 e. The van der Waals surface area contributed by atoms with Crippen LogP contribution in [-0.4, -0.2) is 32.4 Å². The van der Waals surface area contributed by atoms with Crippen molar-refractivity contribution in [3.63, 3.8) is 0 Å². The van der Waals surface area contributed by atoms with Crippen LogP contribution in [0.25, 0.3) is 0 Å². The molecule has 1 aliphatic heterocycles. The second kappa shape index (κ2) is 4.36. The Kier molecular flexibility index (Phi) is 3.29. The highest BCUT2D eigenvalue weighted by atomic mass is 32.2. The Balaban J connectivity index is 2.31. The fourth-order valence-electron chi connectivity index (χ4n) is 2.35. The first-order valence-corrected chi connectivity index (χ1v) is 7.50. The van der Waals surface area contributed by atoms with Crippen molar-refractivity contribution < 1.29 is 12.8 Å². The maximum Gasteiger partial charge on any atom is 0.246 e. The zero-order valence-electron chi connectivity index (χ0n) is 11.1. The molecule has 1 unspecified atom stereocenters. The Bertz CT molecular complexity index is 550. The van der Waals surface area contributed by atoms with Crippen LogP contribution in [0.2, 0.25) is 0 Å². The summed E-state index contributed by atoms with van der Waals surface area (Å²) in [5, 5.41) is 0.